The number of ether oxygens (including phenoxy) is 1. The molecule has 0 aliphatic carbocycles. The lowest BCUT2D eigenvalue weighted by Crippen LogP contribution is -2.33. The summed E-state index contributed by atoms with van der Waals surface area (Å²) in [4.78, 5) is 11.8. The van der Waals surface area contributed by atoms with Crippen LogP contribution in [0.1, 0.15) is 33.2 Å². The number of nitrogens with two attached hydrogens (primary N) is 1. The van der Waals surface area contributed by atoms with Gasteiger partial charge in [0.05, 0.1) is 23.3 Å². The van der Waals surface area contributed by atoms with Crippen LogP contribution in [0.3, 0.4) is 0 Å². The molecular formula is C12H20N4O2. The predicted molar refractivity (Wildman–Crippen MR) is 67.6 cm³/mol. The summed E-state index contributed by atoms with van der Waals surface area (Å²) in [6, 6.07) is 0.181. The summed E-state index contributed by atoms with van der Waals surface area (Å²) in [7, 11) is 0. The summed E-state index contributed by atoms with van der Waals surface area (Å²) >= 11 is 0. The summed E-state index contributed by atoms with van der Waals surface area (Å²) in [5, 5.41) is 7.34. The second-order valence-electron chi connectivity index (χ2n) is 5.70. The van der Waals surface area contributed by atoms with Gasteiger partial charge in [-0.1, -0.05) is 0 Å². The van der Waals surface area contributed by atoms with Gasteiger partial charge in [0, 0.05) is 19.2 Å². The third-order valence-electron chi connectivity index (χ3n) is 2.92. The normalized spacial score (nSPS) is 24.2. The van der Waals surface area contributed by atoms with E-state index in [4.69, 9.17) is 10.5 Å². The zero-order valence-electron chi connectivity index (χ0n) is 11.0. The first kappa shape index (κ1) is 12.9. The van der Waals surface area contributed by atoms with Crippen molar-refractivity contribution in [1.82, 2.24) is 15.1 Å². The Bertz CT molecular complexity index is 436. The maximum Gasteiger partial charge on any atom is 0.312 e. The molecule has 1 aliphatic rings. The molecule has 18 heavy (non-hydrogen) atoms. The Labute approximate surface area is 106 Å². The Morgan fingerprint density at radius 2 is 2.33 bits per heavy atom. The highest BCUT2D eigenvalue weighted by Gasteiger charge is 2.32. The van der Waals surface area contributed by atoms with Crippen LogP contribution >= 0.6 is 0 Å². The first-order valence-electron chi connectivity index (χ1n) is 6.10. The Balaban J connectivity index is 1.91. The number of nitrogen functional groups attached to an aromatic ring is 1. The third-order valence-corrected chi connectivity index (χ3v) is 2.92. The number of hydrogen-bond acceptors (Lipinski definition) is 5. The fourth-order valence-corrected chi connectivity index (χ4v) is 1.83. The number of carbonyl (C=O) groups is 1. The second-order valence-corrected chi connectivity index (χ2v) is 5.70. The molecule has 1 aromatic rings. The average molecular weight is 252 g/mol. The molecule has 0 saturated carbocycles. The molecule has 0 aromatic carbocycles. The number of nitrogens with zero attached hydrogens (tertiary/aromatic N) is 2. The highest BCUT2D eigenvalue weighted by atomic mass is 16.6. The number of esters is 1. The molecule has 1 aliphatic heterocycles. The van der Waals surface area contributed by atoms with Gasteiger partial charge in [-0.2, -0.15) is 5.10 Å². The van der Waals surface area contributed by atoms with Gasteiger partial charge >= 0.3 is 5.97 Å². The van der Waals surface area contributed by atoms with Crippen LogP contribution in [-0.2, 0) is 9.53 Å². The Hall–Kier alpha value is -1.56. The molecule has 0 radical (unpaired) electrons. The second kappa shape index (κ2) is 4.61. The molecule has 2 unspecified atom stereocenters. The molecule has 2 atom stereocenters. The lowest BCUT2D eigenvalue weighted by molar-refractivity contribution is -0.159. The standard InChI is InChI=1S/C12H20N4O2/c1-12(2,3)11(17)18-10-4-9(6-14-10)16-7-8(13)5-15-16/h5,7,9-10,14H,4,6,13H2,1-3H3. The van der Waals surface area contributed by atoms with Gasteiger partial charge in [0.2, 0.25) is 0 Å². The topological polar surface area (TPSA) is 82.2 Å². The van der Waals surface area contributed by atoms with Gasteiger partial charge in [0.15, 0.2) is 6.23 Å². The van der Waals surface area contributed by atoms with E-state index in [1.54, 1.807) is 12.4 Å². The minimum Gasteiger partial charge on any atom is -0.446 e. The van der Waals surface area contributed by atoms with Crippen LogP contribution in [0.4, 0.5) is 5.69 Å². The van der Waals surface area contributed by atoms with Gasteiger partial charge in [0.25, 0.3) is 0 Å². The summed E-state index contributed by atoms with van der Waals surface area (Å²) in [5.41, 5.74) is 5.80. The minimum atomic E-state index is -0.476. The quantitative estimate of drug-likeness (QED) is 0.765. The van der Waals surface area contributed by atoms with E-state index in [0.29, 0.717) is 12.1 Å². The highest BCUT2D eigenvalue weighted by molar-refractivity contribution is 5.75. The molecule has 1 saturated heterocycles. The third kappa shape index (κ3) is 2.81. The molecule has 0 spiro atoms. The number of aromatic nitrogens is 2. The fourth-order valence-electron chi connectivity index (χ4n) is 1.83. The van der Waals surface area contributed by atoms with E-state index in [2.05, 4.69) is 10.4 Å². The van der Waals surface area contributed by atoms with Crippen LogP contribution in [0.2, 0.25) is 0 Å². The number of rotatable bonds is 2. The predicted octanol–water partition coefficient (Wildman–Crippen LogP) is 0.915. The molecule has 2 rings (SSSR count). The number of carbonyl (C=O) groups excluding carboxylic acids is 1. The summed E-state index contributed by atoms with van der Waals surface area (Å²) in [6.45, 7) is 6.26. The molecular weight excluding hydrogens is 232 g/mol. The Morgan fingerprint density at radius 3 is 2.89 bits per heavy atom. The maximum absolute atomic E-state index is 11.8. The van der Waals surface area contributed by atoms with Crippen LogP contribution in [-0.4, -0.2) is 28.5 Å². The molecule has 2 heterocycles. The van der Waals surface area contributed by atoms with Crippen molar-refractivity contribution >= 4 is 11.7 Å². The zero-order valence-corrected chi connectivity index (χ0v) is 11.0. The van der Waals surface area contributed by atoms with Gasteiger partial charge < -0.3 is 10.5 Å². The van der Waals surface area contributed by atoms with Crippen molar-refractivity contribution < 1.29 is 9.53 Å². The van der Waals surface area contributed by atoms with Crippen molar-refractivity contribution in [2.24, 2.45) is 5.41 Å². The Kier molecular flexibility index (Phi) is 3.30. The number of nitrogens with one attached hydrogen (secondary N) is 1. The molecule has 6 nitrogen and oxygen atoms in total. The first-order chi connectivity index (χ1) is 8.36. The lowest BCUT2D eigenvalue weighted by Gasteiger charge is -2.20. The van der Waals surface area contributed by atoms with Crippen LogP contribution in [0.25, 0.3) is 0 Å². The smallest absolute Gasteiger partial charge is 0.312 e. The van der Waals surface area contributed by atoms with Crippen molar-refractivity contribution in [3.05, 3.63) is 12.4 Å². The summed E-state index contributed by atoms with van der Waals surface area (Å²) in [5.74, 6) is -0.194. The van der Waals surface area contributed by atoms with Crippen molar-refractivity contribution in [2.45, 2.75) is 39.5 Å². The lowest BCUT2D eigenvalue weighted by atomic mass is 9.97. The molecule has 1 aromatic heterocycles. The molecule has 0 amide bonds. The average Bonchev–Trinajstić information content (AvgIpc) is 2.85. The monoisotopic (exact) mass is 252 g/mol. The minimum absolute atomic E-state index is 0.181. The van der Waals surface area contributed by atoms with Crippen molar-refractivity contribution in [2.75, 3.05) is 12.3 Å². The largest absolute Gasteiger partial charge is 0.446 e. The maximum atomic E-state index is 11.8. The van der Waals surface area contributed by atoms with E-state index in [-0.39, 0.29) is 18.2 Å². The van der Waals surface area contributed by atoms with Gasteiger partial charge in [-0.3, -0.25) is 14.8 Å². The van der Waals surface area contributed by atoms with E-state index in [1.807, 2.05) is 25.5 Å². The van der Waals surface area contributed by atoms with E-state index in [0.717, 1.165) is 6.54 Å². The molecule has 6 heteroatoms. The molecule has 1 fully saturated rings. The Morgan fingerprint density at radius 1 is 1.61 bits per heavy atom. The summed E-state index contributed by atoms with van der Waals surface area (Å²) in [6.07, 6.45) is 3.88. The zero-order chi connectivity index (χ0) is 13.3. The summed E-state index contributed by atoms with van der Waals surface area (Å²) < 4.78 is 7.22. The van der Waals surface area contributed by atoms with E-state index < -0.39 is 5.41 Å². The molecule has 100 valence electrons. The van der Waals surface area contributed by atoms with Crippen molar-refractivity contribution in [3.63, 3.8) is 0 Å². The SMILES string of the molecule is CC(C)(C)C(=O)OC1CC(n2cc(N)cn2)CN1. The van der Waals surface area contributed by atoms with Crippen molar-refractivity contribution in [3.8, 4) is 0 Å². The van der Waals surface area contributed by atoms with Crippen molar-refractivity contribution in [1.29, 1.82) is 0 Å². The van der Waals surface area contributed by atoms with E-state index in [1.165, 1.54) is 0 Å². The first-order valence-corrected chi connectivity index (χ1v) is 6.10. The molecule has 0 bridgehead atoms. The van der Waals surface area contributed by atoms with Gasteiger partial charge in [-0.15, -0.1) is 0 Å². The van der Waals surface area contributed by atoms with Crippen LogP contribution in [0, 0.1) is 5.41 Å². The van der Waals surface area contributed by atoms with Gasteiger partial charge in [-0.05, 0) is 20.8 Å². The van der Waals surface area contributed by atoms with Crippen LogP contribution < -0.4 is 11.1 Å². The van der Waals surface area contributed by atoms with Gasteiger partial charge in [0.1, 0.15) is 0 Å². The highest BCUT2D eigenvalue weighted by Crippen LogP contribution is 2.23. The molecule has 3 N–H and O–H groups in total. The number of hydrogen-bond donors (Lipinski definition) is 2. The van der Waals surface area contributed by atoms with Crippen LogP contribution in [0.15, 0.2) is 12.4 Å². The van der Waals surface area contributed by atoms with Gasteiger partial charge in [-0.25, -0.2) is 0 Å². The number of anilines is 1. The van der Waals surface area contributed by atoms with E-state index >= 15 is 0 Å². The van der Waals surface area contributed by atoms with E-state index in [9.17, 15) is 4.79 Å². The fraction of sp³-hybridized carbons (Fsp3) is 0.667. The van der Waals surface area contributed by atoms with Crippen LogP contribution in [0.5, 0.6) is 0 Å².